The maximum atomic E-state index is 11.2. The molecule has 12 heteroatoms. The van der Waals surface area contributed by atoms with Gasteiger partial charge in [-0.1, -0.05) is 12.2 Å². The minimum Gasteiger partial charge on any atom is -0.465 e. The van der Waals surface area contributed by atoms with Crippen LogP contribution < -0.4 is 5.43 Å². The van der Waals surface area contributed by atoms with Crippen LogP contribution in [-0.4, -0.2) is 41.2 Å². The van der Waals surface area contributed by atoms with Gasteiger partial charge >= 0.3 is 17.6 Å². The molecule has 12 nitrogen and oxygen atoms in total. The number of hydrogen-bond acceptors (Lipinski definition) is 10. The van der Waals surface area contributed by atoms with Crippen molar-refractivity contribution in [2.45, 2.75) is 20.3 Å². The van der Waals surface area contributed by atoms with Crippen LogP contribution in [0.1, 0.15) is 20.3 Å². The van der Waals surface area contributed by atoms with Gasteiger partial charge in [0.2, 0.25) is 0 Å². The number of hydrogen-bond donors (Lipinski definition) is 1. The lowest BCUT2D eigenvalue weighted by atomic mass is 9.80. The molecule has 1 aliphatic carbocycles. The second kappa shape index (κ2) is 10.8. The van der Waals surface area contributed by atoms with E-state index in [1.165, 1.54) is 26.1 Å². The number of anilines is 1. The van der Waals surface area contributed by atoms with E-state index in [4.69, 9.17) is 9.47 Å². The number of nitrogens with one attached hydrogen (secondary N) is 1. The fourth-order valence-corrected chi connectivity index (χ4v) is 3.04. The van der Waals surface area contributed by atoms with Crippen LogP contribution in [0.25, 0.3) is 0 Å². The third-order valence-corrected chi connectivity index (χ3v) is 4.57. The number of carbonyl (C=O) groups is 2. The predicted octanol–water partition coefficient (Wildman–Crippen LogP) is 2.84. The van der Waals surface area contributed by atoms with E-state index in [0.717, 1.165) is 12.1 Å². The topological polar surface area (TPSA) is 163 Å². The third kappa shape index (κ3) is 7.17. The van der Waals surface area contributed by atoms with Gasteiger partial charge in [-0.3, -0.25) is 35.2 Å². The van der Waals surface area contributed by atoms with Crippen LogP contribution in [0.4, 0.5) is 17.1 Å². The van der Waals surface area contributed by atoms with E-state index in [-0.39, 0.29) is 36.7 Å². The van der Waals surface area contributed by atoms with Gasteiger partial charge in [0.25, 0.3) is 5.69 Å². The molecule has 0 amide bonds. The van der Waals surface area contributed by atoms with Crippen molar-refractivity contribution in [3.63, 3.8) is 0 Å². The second-order valence-corrected chi connectivity index (χ2v) is 6.92. The first-order valence-corrected chi connectivity index (χ1v) is 9.34. The number of ether oxygens (including phenoxy) is 2. The minimum atomic E-state index is -0.743. The number of carbonyl (C=O) groups excluding carboxylic acids is 2. The third-order valence-electron chi connectivity index (χ3n) is 4.57. The van der Waals surface area contributed by atoms with Crippen molar-refractivity contribution in [3.8, 4) is 0 Å². The van der Waals surface area contributed by atoms with Crippen molar-refractivity contribution in [3.05, 3.63) is 50.6 Å². The van der Waals surface area contributed by atoms with Crippen molar-refractivity contribution in [2.24, 2.45) is 22.9 Å². The number of nitro groups is 2. The molecule has 0 bridgehead atoms. The van der Waals surface area contributed by atoms with Gasteiger partial charge in [-0.2, -0.15) is 5.10 Å². The van der Waals surface area contributed by atoms with Gasteiger partial charge in [0.15, 0.2) is 0 Å². The summed E-state index contributed by atoms with van der Waals surface area (Å²) >= 11 is 0. The number of rotatable bonds is 9. The quantitative estimate of drug-likeness (QED) is 0.202. The molecule has 1 aromatic carbocycles. The van der Waals surface area contributed by atoms with E-state index in [1.807, 2.05) is 12.2 Å². The molecule has 0 aliphatic heterocycles. The fourth-order valence-electron chi connectivity index (χ4n) is 3.04. The van der Waals surface area contributed by atoms with E-state index in [2.05, 4.69) is 10.5 Å². The zero-order valence-electron chi connectivity index (χ0n) is 16.9. The van der Waals surface area contributed by atoms with Crippen LogP contribution >= 0.6 is 0 Å². The Kier molecular flexibility index (Phi) is 8.17. The molecule has 0 saturated heterocycles. The summed E-state index contributed by atoms with van der Waals surface area (Å²) in [6.45, 7) is 2.93. The molecule has 0 fully saturated rings. The number of esters is 2. The molecule has 0 spiro atoms. The lowest BCUT2D eigenvalue weighted by Crippen LogP contribution is -2.28. The highest BCUT2D eigenvalue weighted by Gasteiger charge is 2.27. The van der Waals surface area contributed by atoms with Crippen molar-refractivity contribution in [2.75, 3.05) is 18.6 Å². The smallest absolute Gasteiger partial charge is 0.302 e. The first-order valence-electron chi connectivity index (χ1n) is 9.34. The number of nitrogens with zero attached hydrogens (tertiary/aromatic N) is 3. The molecule has 2 rings (SSSR count). The van der Waals surface area contributed by atoms with Crippen LogP contribution in [0.2, 0.25) is 0 Å². The average Bonchev–Trinajstić information content (AvgIpc) is 2.71. The van der Waals surface area contributed by atoms with Crippen LogP contribution in [0.15, 0.2) is 35.5 Å². The summed E-state index contributed by atoms with van der Waals surface area (Å²) in [7, 11) is 0. The highest BCUT2D eigenvalue weighted by molar-refractivity contribution is 5.69. The summed E-state index contributed by atoms with van der Waals surface area (Å²) in [4.78, 5) is 42.8. The van der Waals surface area contributed by atoms with Crippen LogP contribution in [-0.2, 0) is 19.1 Å². The van der Waals surface area contributed by atoms with Gasteiger partial charge in [0, 0.05) is 43.9 Å². The number of benzene rings is 1. The lowest BCUT2D eigenvalue weighted by molar-refractivity contribution is -0.393. The zero-order chi connectivity index (χ0) is 23.0. The Labute approximate surface area is 177 Å². The van der Waals surface area contributed by atoms with Gasteiger partial charge in [-0.25, -0.2) is 0 Å². The molecular weight excluding hydrogens is 412 g/mol. The minimum absolute atomic E-state index is 0.00815. The largest absolute Gasteiger partial charge is 0.465 e. The molecule has 1 aromatic rings. The maximum Gasteiger partial charge on any atom is 0.302 e. The molecule has 166 valence electrons. The van der Waals surface area contributed by atoms with E-state index < -0.39 is 33.2 Å². The number of hydrazone groups is 1. The zero-order valence-corrected chi connectivity index (χ0v) is 16.9. The standard InChI is InChI=1S/C19H22N4O8/c1-12(24)30-10-14-3-4-15(11-31-13(2)25)16(7-14)9-20-21-18-6-5-17(22(26)27)8-19(18)23(28)29/h3-6,8-9,14-16,21H,7,10-11H2,1-2H3/b20-9+/t14-,15-,16+/m0/s1. The lowest BCUT2D eigenvalue weighted by Gasteiger charge is -2.28. The number of nitro benzene ring substituents is 2. The van der Waals surface area contributed by atoms with Crippen molar-refractivity contribution in [1.29, 1.82) is 0 Å². The van der Waals surface area contributed by atoms with E-state index >= 15 is 0 Å². The van der Waals surface area contributed by atoms with Gasteiger partial charge in [0.05, 0.1) is 29.1 Å². The Bertz CT molecular complexity index is 914. The number of non-ortho nitro benzene ring substituents is 1. The Hall–Kier alpha value is -3.83. The van der Waals surface area contributed by atoms with Crippen LogP contribution in [0.3, 0.4) is 0 Å². The van der Waals surface area contributed by atoms with Gasteiger partial charge in [-0.15, -0.1) is 0 Å². The fraction of sp³-hybridized carbons (Fsp3) is 0.421. The molecule has 0 heterocycles. The summed E-state index contributed by atoms with van der Waals surface area (Å²) in [5, 5.41) is 26.1. The molecule has 0 radical (unpaired) electrons. The summed E-state index contributed by atoms with van der Waals surface area (Å²) in [5.41, 5.74) is 1.64. The molecular formula is C19H22N4O8. The van der Waals surface area contributed by atoms with Crippen molar-refractivity contribution in [1.82, 2.24) is 0 Å². The Morgan fingerprint density at radius 3 is 2.42 bits per heavy atom. The first-order chi connectivity index (χ1) is 14.7. The van der Waals surface area contributed by atoms with Crippen LogP contribution in [0, 0.1) is 38.0 Å². The second-order valence-electron chi connectivity index (χ2n) is 6.92. The Morgan fingerprint density at radius 1 is 1.13 bits per heavy atom. The summed E-state index contributed by atoms with van der Waals surface area (Å²) in [5.74, 6) is -1.29. The molecule has 0 saturated carbocycles. The van der Waals surface area contributed by atoms with Gasteiger partial charge in [0.1, 0.15) is 5.69 Å². The maximum absolute atomic E-state index is 11.2. The van der Waals surface area contributed by atoms with E-state index in [1.54, 1.807) is 0 Å². The predicted molar refractivity (Wildman–Crippen MR) is 109 cm³/mol. The normalized spacial score (nSPS) is 20.3. The average molecular weight is 434 g/mol. The van der Waals surface area contributed by atoms with Crippen molar-refractivity contribution < 1.29 is 28.9 Å². The van der Waals surface area contributed by atoms with Crippen LogP contribution in [0.5, 0.6) is 0 Å². The van der Waals surface area contributed by atoms with E-state index in [0.29, 0.717) is 6.42 Å². The monoisotopic (exact) mass is 434 g/mol. The molecule has 0 aromatic heterocycles. The molecule has 31 heavy (non-hydrogen) atoms. The van der Waals surface area contributed by atoms with E-state index in [9.17, 15) is 29.8 Å². The Morgan fingerprint density at radius 2 is 1.81 bits per heavy atom. The molecule has 0 unspecified atom stereocenters. The van der Waals surface area contributed by atoms with Gasteiger partial charge in [-0.05, 0) is 12.5 Å². The Balaban J connectivity index is 2.15. The summed E-state index contributed by atoms with van der Waals surface area (Å²) < 4.78 is 10.1. The van der Waals surface area contributed by atoms with Crippen molar-refractivity contribution >= 4 is 35.2 Å². The molecule has 3 atom stereocenters. The molecule has 1 aliphatic rings. The highest BCUT2D eigenvalue weighted by atomic mass is 16.6. The summed E-state index contributed by atoms with van der Waals surface area (Å²) in [6, 6.07) is 3.18. The van der Waals surface area contributed by atoms with Gasteiger partial charge < -0.3 is 9.47 Å². The molecule has 1 N–H and O–H groups in total. The highest BCUT2D eigenvalue weighted by Crippen LogP contribution is 2.30. The SMILES string of the molecule is CC(=O)OC[C@H]1C=C[C@@H](COC(C)=O)[C@@H](/C=N/Nc2ccc([N+](=O)[O-])cc2[N+](=O)[O-])C1. The first kappa shape index (κ1) is 23.4. The summed E-state index contributed by atoms with van der Waals surface area (Å²) in [6.07, 6.45) is 5.81.